The largest absolute Gasteiger partial charge is 0.482 e. The first-order chi connectivity index (χ1) is 10.7. The number of amides is 2. The van der Waals surface area contributed by atoms with E-state index >= 15 is 0 Å². The van der Waals surface area contributed by atoms with E-state index in [2.05, 4.69) is 10.6 Å². The SMILES string of the molecule is O=C(CCC1CCCCC1)Nc1ccc2c(c1)NC(=O)CO2. The molecule has 1 aromatic rings. The summed E-state index contributed by atoms with van der Waals surface area (Å²) in [6, 6.07) is 5.31. The van der Waals surface area contributed by atoms with Crippen LogP contribution in [0.3, 0.4) is 0 Å². The second-order valence-electron chi connectivity index (χ2n) is 6.14. The minimum Gasteiger partial charge on any atom is -0.482 e. The fraction of sp³-hybridized carbons (Fsp3) is 0.529. The predicted molar refractivity (Wildman–Crippen MR) is 85.0 cm³/mol. The van der Waals surface area contributed by atoms with Gasteiger partial charge in [0.15, 0.2) is 6.61 Å². The number of hydrogen-bond donors (Lipinski definition) is 2. The lowest BCUT2D eigenvalue weighted by Crippen LogP contribution is -2.25. The van der Waals surface area contributed by atoms with Crippen LogP contribution in [-0.2, 0) is 9.59 Å². The third-order valence-electron chi connectivity index (χ3n) is 4.40. The Morgan fingerprint density at radius 2 is 2.09 bits per heavy atom. The molecule has 0 unspecified atom stereocenters. The van der Waals surface area contributed by atoms with Gasteiger partial charge in [-0.05, 0) is 30.5 Å². The van der Waals surface area contributed by atoms with Crippen molar-refractivity contribution in [1.29, 1.82) is 0 Å². The fourth-order valence-electron chi connectivity index (χ4n) is 3.20. The van der Waals surface area contributed by atoms with Gasteiger partial charge in [0, 0.05) is 12.1 Å². The average Bonchev–Trinajstić information content (AvgIpc) is 2.53. The van der Waals surface area contributed by atoms with Gasteiger partial charge in [0.05, 0.1) is 5.69 Å². The van der Waals surface area contributed by atoms with Gasteiger partial charge >= 0.3 is 0 Å². The summed E-state index contributed by atoms with van der Waals surface area (Å²) in [7, 11) is 0. The van der Waals surface area contributed by atoms with Crippen molar-refractivity contribution in [3.05, 3.63) is 18.2 Å². The van der Waals surface area contributed by atoms with E-state index in [-0.39, 0.29) is 18.4 Å². The lowest BCUT2D eigenvalue weighted by molar-refractivity contribution is -0.118. The Hall–Kier alpha value is -2.04. The number of nitrogens with one attached hydrogen (secondary N) is 2. The molecule has 1 aliphatic carbocycles. The standard InChI is InChI=1S/C17H22N2O3/c20-16(9-6-12-4-2-1-3-5-12)18-13-7-8-15-14(10-13)19-17(21)11-22-15/h7-8,10,12H,1-6,9,11H2,(H,18,20)(H,19,21). The molecule has 1 aliphatic heterocycles. The summed E-state index contributed by atoms with van der Waals surface area (Å²) in [4.78, 5) is 23.4. The third-order valence-corrected chi connectivity index (χ3v) is 4.40. The summed E-state index contributed by atoms with van der Waals surface area (Å²) in [5, 5.41) is 5.64. The van der Waals surface area contributed by atoms with Crippen LogP contribution in [-0.4, -0.2) is 18.4 Å². The van der Waals surface area contributed by atoms with Crippen molar-refractivity contribution < 1.29 is 14.3 Å². The summed E-state index contributed by atoms with van der Waals surface area (Å²) >= 11 is 0. The maximum Gasteiger partial charge on any atom is 0.262 e. The number of carbonyl (C=O) groups excluding carboxylic acids is 2. The maximum absolute atomic E-state index is 12.1. The molecule has 2 aliphatic rings. The van der Waals surface area contributed by atoms with E-state index in [1.54, 1.807) is 18.2 Å². The van der Waals surface area contributed by atoms with Gasteiger partial charge in [-0.3, -0.25) is 9.59 Å². The van der Waals surface area contributed by atoms with Gasteiger partial charge in [-0.15, -0.1) is 0 Å². The van der Waals surface area contributed by atoms with Crippen LogP contribution in [0, 0.1) is 5.92 Å². The van der Waals surface area contributed by atoms with Gasteiger partial charge in [0.1, 0.15) is 5.75 Å². The van der Waals surface area contributed by atoms with Gasteiger partial charge in [-0.25, -0.2) is 0 Å². The molecule has 118 valence electrons. The van der Waals surface area contributed by atoms with E-state index in [0.717, 1.165) is 6.42 Å². The normalized spacial score (nSPS) is 18.1. The first kappa shape index (κ1) is 14.9. The van der Waals surface area contributed by atoms with Crippen molar-refractivity contribution in [3.8, 4) is 5.75 Å². The summed E-state index contributed by atoms with van der Waals surface area (Å²) in [6.45, 7) is 0.0418. The van der Waals surface area contributed by atoms with Gasteiger partial charge in [-0.1, -0.05) is 32.1 Å². The monoisotopic (exact) mass is 302 g/mol. The van der Waals surface area contributed by atoms with Crippen molar-refractivity contribution in [2.24, 2.45) is 5.92 Å². The van der Waals surface area contributed by atoms with Crippen molar-refractivity contribution >= 4 is 23.2 Å². The Morgan fingerprint density at radius 1 is 1.27 bits per heavy atom. The second kappa shape index (κ2) is 6.81. The molecular formula is C17H22N2O3. The summed E-state index contributed by atoms with van der Waals surface area (Å²) in [6.07, 6.45) is 7.99. The Labute approximate surface area is 130 Å². The highest BCUT2D eigenvalue weighted by molar-refractivity contribution is 5.97. The van der Waals surface area contributed by atoms with Crippen LogP contribution in [0.1, 0.15) is 44.9 Å². The molecule has 1 fully saturated rings. The van der Waals surface area contributed by atoms with Crippen LogP contribution < -0.4 is 15.4 Å². The molecule has 2 amide bonds. The molecule has 0 bridgehead atoms. The fourth-order valence-corrected chi connectivity index (χ4v) is 3.20. The number of carbonyl (C=O) groups is 2. The van der Waals surface area contributed by atoms with E-state index in [0.29, 0.717) is 29.5 Å². The zero-order chi connectivity index (χ0) is 15.4. The van der Waals surface area contributed by atoms with E-state index in [9.17, 15) is 9.59 Å². The highest BCUT2D eigenvalue weighted by atomic mass is 16.5. The Kier molecular flexibility index (Phi) is 4.61. The minimum absolute atomic E-state index is 0.0357. The lowest BCUT2D eigenvalue weighted by Gasteiger charge is -2.21. The van der Waals surface area contributed by atoms with Gasteiger partial charge < -0.3 is 15.4 Å². The first-order valence-corrected chi connectivity index (χ1v) is 8.07. The lowest BCUT2D eigenvalue weighted by atomic mass is 9.86. The maximum atomic E-state index is 12.1. The van der Waals surface area contributed by atoms with E-state index < -0.39 is 0 Å². The average molecular weight is 302 g/mol. The van der Waals surface area contributed by atoms with E-state index in [4.69, 9.17) is 4.74 Å². The number of ether oxygens (including phenoxy) is 1. The molecule has 1 aromatic carbocycles. The van der Waals surface area contributed by atoms with Crippen LogP contribution in [0.15, 0.2) is 18.2 Å². The van der Waals surface area contributed by atoms with Crippen LogP contribution in [0.5, 0.6) is 5.75 Å². The summed E-state index contributed by atoms with van der Waals surface area (Å²) in [5.41, 5.74) is 1.31. The molecule has 2 N–H and O–H groups in total. The molecule has 1 heterocycles. The molecule has 0 spiro atoms. The smallest absolute Gasteiger partial charge is 0.262 e. The Morgan fingerprint density at radius 3 is 2.91 bits per heavy atom. The number of hydrogen-bond acceptors (Lipinski definition) is 3. The molecule has 1 saturated carbocycles. The van der Waals surface area contributed by atoms with Crippen LogP contribution in [0.4, 0.5) is 11.4 Å². The molecule has 5 heteroatoms. The molecule has 22 heavy (non-hydrogen) atoms. The molecule has 3 rings (SSSR count). The predicted octanol–water partition coefficient (Wildman–Crippen LogP) is 3.32. The molecule has 0 radical (unpaired) electrons. The summed E-state index contributed by atoms with van der Waals surface area (Å²) < 4.78 is 5.30. The van der Waals surface area contributed by atoms with Gasteiger partial charge in [-0.2, -0.15) is 0 Å². The van der Waals surface area contributed by atoms with Crippen molar-refractivity contribution in [2.45, 2.75) is 44.9 Å². The van der Waals surface area contributed by atoms with E-state index in [1.165, 1.54) is 32.1 Å². The zero-order valence-corrected chi connectivity index (χ0v) is 12.7. The molecule has 0 saturated heterocycles. The van der Waals surface area contributed by atoms with Crippen LogP contribution in [0.25, 0.3) is 0 Å². The molecular weight excluding hydrogens is 280 g/mol. The number of benzene rings is 1. The number of rotatable bonds is 4. The Balaban J connectivity index is 1.52. The molecule has 5 nitrogen and oxygen atoms in total. The zero-order valence-electron chi connectivity index (χ0n) is 12.7. The topological polar surface area (TPSA) is 67.4 Å². The number of fused-ring (bicyclic) bond motifs is 1. The highest BCUT2D eigenvalue weighted by Crippen LogP contribution is 2.31. The van der Waals surface area contributed by atoms with Crippen molar-refractivity contribution in [3.63, 3.8) is 0 Å². The summed E-state index contributed by atoms with van der Waals surface area (Å²) in [5.74, 6) is 1.21. The van der Waals surface area contributed by atoms with Gasteiger partial charge in [0.2, 0.25) is 5.91 Å². The minimum atomic E-state index is -0.173. The quantitative estimate of drug-likeness (QED) is 0.896. The first-order valence-electron chi connectivity index (χ1n) is 8.07. The molecule has 0 aromatic heterocycles. The third kappa shape index (κ3) is 3.78. The van der Waals surface area contributed by atoms with Crippen molar-refractivity contribution in [2.75, 3.05) is 17.2 Å². The highest BCUT2D eigenvalue weighted by Gasteiger charge is 2.17. The van der Waals surface area contributed by atoms with Gasteiger partial charge in [0.25, 0.3) is 5.91 Å². The van der Waals surface area contributed by atoms with E-state index in [1.807, 2.05) is 0 Å². The van der Waals surface area contributed by atoms with Crippen LogP contribution >= 0.6 is 0 Å². The number of anilines is 2. The van der Waals surface area contributed by atoms with Crippen LogP contribution in [0.2, 0.25) is 0 Å². The Bertz CT molecular complexity index is 565. The second-order valence-corrected chi connectivity index (χ2v) is 6.14. The molecule has 0 atom stereocenters. The van der Waals surface area contributed by atoms with Crippen molar-refractivity contribution in [1.82, 2.24) is 0 Å².